The zero-order valence-corrected chi connectivity index (χ0v) is 10.6. The molecule has 9 heavy (non-hydrogen) atoms. The molecule has 0 N–H and O–H groups in total. The van der Waals surface area contributed by atoms with E-state index >= 15 is 0 Å². The van der Waals surface area contributed by atoms with Crippen molar-refractivity contribution in [3.8, 4) is 0 Å². The van der Waals surface area contributed by atoms with Crippen LogP contribution in [0, 0.1) is 0 Å². The average molecular weight is 222 g/mol. The Morgan fingerprint density at radius 3 is 1.33 bits per heavy atom. The second-order valence-corrected chi connectivity index (χ2v) is 19.3. The summed E-state index contributed by atoms with van der Waals surface area (Å²) in [6.07, 6.45) is 0. The van der Waals surface area contributed by atoms with Crippen LogP contribution in [0.5, 0.6) is 0 Å². The van der Waals surface area contributed by atoms with Gasteiger partial charge in [0.05, 0.1) is 0 Å². The van der Waals surface area contributed by atoms with Crippen molar-refractivity contribution in [1.29, 1.82) is 0 Å². The summed E-state index contributed by atoms with van der Waals surface area (Å²) < 4.78 is 2.53. The molecule has 54 valence electrons. The van der Waals surface area contributed by atoms with Crippen LogP contribution in [0.2, 0.25) is 22.8 Å². The van der Waals surface area contributed by atoms with E-state index in [-0.39, 0.29) is 22.4 Å². The Hall–Kier alpha value is 1.10. The summed E-state index contributed by atoms with van der Waals surface area (Å²) in [5, 5.41) is -0.521. The van der Waals surface area contributed by atoms with Gasteiger partial charge in [-0.2, -0.15) is 0 Å². The molecule has 0 unspecified atom stereocenters. The predicted molar refractivity (Wildman–Crippen MR) is 43.1 cm³/mol. The molecule has 0 nitrogen and oxygen atoms in total. The summed E-state index contributed by atoms with van der Waals surface area (Å²) >= 11 is 0.108. The van der Waals surface area contributed by atoms with Gasteiger partial charge in [0.25, 0.3) is 0 Å². The molecule has 0 radical (unpaired) electrons. The van der Waals surface area contributed by atoms with Gasteiger partial charge in [-0.15, -0.1) is 0 Å². The molecule has 0 amide bonds. The van der Waals surface area contributed by atoms with Crippen LogP contribution >= 0.6 is 0 Å². The maximum atomic E-state index is 2.53. The summed E-state index contributed by atoms with van der Waals surface area (Å²) in [7, 11) is 0. The number of hydrogen-bond acceptors (Lipinski definition) is 0. The fourth-order valence-corrected chi connectivity index (χ4v) is 11.7. The molecule has 0 aromatic rings. The molecule has 0 rings (SSSR count). The number of rotatable bonds is 4. The Bertz CT molecular complexity index is 51.8. The number of hydrogen-bond donors (Lipinski definition) is 0. The summed E-state index contributed by atoms with van der Waals surface area (Å²) in [6.45, 7) is 7.22. The minimum absolute atomic E-state index is 0.108. The summed E-state index contributed by atoms with van der Waals surface area (Å²) in [6, 6.07) is 4.67. The third-order valence-electron chi connectivity index (χ3n) is 2.56. The minimum atomic E-state index is -0.521. The molecular weight excluding hydrogens is 203 g/mol. The van der Waals surface area contributed by atoms with Crippen molar-refractivity contribution in [1.82, 2.24) is 0 Å². The van der Waals surface area contributed by atoms with Gasteiger partial charge in [-0.1, -0.05) is 0 Å². The molecule has 0 aromatic heterocycles. The average Bonchev–Trinajstić information content (AvgIpc) is 1.95. The van der Waals surface area contributed by atoms with Crippen molar-refractivity contribution >= 4 is 5.20 Å². The van der Waals surface area contributed by atoms with Crippen LogP contribution in [-0.4, -0.2) is 5.20 Å². The molecule has 2 heteroatoms. The van der Waals surface area contributed by atoms with Gasteiger partial charge in [0.2, 0.25) is 0 Å². The van der Waals surface area contributed by atoms with E-state index in [1.165, 1.54) is 0 Å². The fraction of sp³-hybridized carbons (Fsp3) is 1.00. The normalized spacial score (nSPS) is 11.6. The van der Waals surface area contributed by atoms with Crippen LogP contribution in [0.15, 0.2) is 0 Å². The Kier molecular flexibility index (Phi) is 5.44. The molecule has 0 bridgehead atoms. The van der Waals surface area contributed by atoms with E-state index < -0.39 is 5.20 Å². The van der Waals surface area contributed by atoms with E-state index in [2.05, 4.69) is 25.4 Å². The Labute approximate surface area is 71.0 Å². The molecule has 0 aliphatic rings. The molecule has 0 aliphatic carbocycles. The van der Waals surface area contributed by atoms with Gasteiger partial charge < -0.3 is 0 Å². The first-order chi connectivity index (χ1) is 4.24. The van der Waals surface area contributed by atoms with Gasteiger partial charge in [-0.05, 0) is 0 Å². The summed E-state index contributed by atoms with van der Waals surface area (Å²) in [5.41, 5.74) is 0. The fourth-order valence-electron chi connectivity index (χ4n) is 1.28. The molecule has 0 aliphatic heterocycles. The van der Waals surface area contributed by atoms with Gasteiger partial charge in [-0.25, -0.2) is 0 Å². The standard InChI is InChI=1S/C6H15Si.CH3.Zr/c1-4-7(5-2)6-3;;/h4-6H2,1-3H3;1H3;. The van der Waals surface area contributed by atoms with Gasteiger partial charge in [-0.3, -0.25) is 0 Å². The zero-order valence-electron chi connectivity index (χ0n) is 7.12. The first-order valence-electron chi connectivity index (χ1n) is 3.93. The van der Waals surface area contributed by atoms with Crippen LogP contribution in [0.1, 0.15) is 20.8 Å². The second-order valence-electron chi connectivity index (χ2n) is 2.59. The second kappa shape index (κ2) is 4.85. The van der Waals surface area contributed by atoms with Crippen LogP contribution in [0.25, 0.3) is 0 Å². The topological polar surface area (TPSA) is 0 Å². The van der Waals surface area contributed by atoms with Crippen LogP contribution in [-0.2, 0) is 22.4 Å². The van der Waals surface area contributed by atoms with Crippen LogP contribution in [0.4, 0.5) is 0 Å². The molecule has 0 saturated carbocycles. The van der Waals surface area contributed by atoms with Crippen molar-refractivity contribution in [2.45, 2.75) is 43.5 Å². The molecule has 0 atom stereocenters. The van der Waals surface area contributed by atoms with Crippen LogP contribution < -0.4 is 0 Å². The van der Waals surface area contributed by atoms with Crippen molar-refractivity contribution in [2.75, 3.05) is 0 Å². The molecular formula is C7H18SiZr. The van der Waals surface area contributed by atoms with Crippen molar-refractivity contribution in [2.24, 2.45) is 0 Å². The Morgan fingerprint density at radius 2 is 1.33 bits per heavy atom. The zero-order chi connectivity index (χ0) is 7.33. The molecule has 0 heterocycles. The first-order valence-corrected chi connectivity index (χ1v) is 12.7. The van der Waals surface area contributed by atoms with Gasteiger partial charge in [0, 0.05) is 0 Å². The van der Waals surface area contributed by atoms with E-state index in [0.717, 1.165) is 0 Å². The van der Waals surface area contributed by atoms with E-state index in [4.69, 9.17) is 0 Å². The Morgan fingerprint density at radius 1 is 1.00 bits per heavy atom. The molecule has 0 aromatic carbocycles. The quantitative estimate of drug-likeness (QED) is 0.640. The maximum absolute atomic E-state index is 2.53. The summed E-state index contributed by atoms with van der Waals surface area (Å²) in [4.78, 5) is 0. The van der Waals surface area contributed by atoms with E-state index in [1.807, 2.05) is 0 Å². The van der Waals surface area contributed by atoms with Crippen molar-refractivity contribution in [3.05, 3.63) is 0 Å². The molecule has 0 spiro atoms. The van der Waals surface area contributed by atoms with Gasteiger partial charge in [0.1, 0.15) is 0 Å². The molecule has 0 fully saturated rings. The van der Waals surface area contributed by atoms with Gasteiger partial charge >= 0.3 is 71.1 Å². The van der Waals surface area contributed by atoms with Crippen molar-refractivity contribution in [3.63, 3.8) is 0 Å². The van der Waals surface area contributed by atoms with E-state index in [0.29, 0.717) is 0 Å². The van der Waals surface area contributed by atoms with Crippen molar-refractivity contribution < 1.29 is 22.4 Å². The third-order valence-corrected chi connectivity index (χ3v) is 23.3. The van der Waals surface area contributed by atoms with Gasteiger partial charge in [0.15, 0.2) is 0 Å². The predicted octanol–water partition coefficient (Wildman–Crippen LogP) is 3.12. The Balaban J connectivity index is 3.82. The van der Waals surface area contributed by atoms with E-state index in [1.54, 1.807) is 18.1 Å². The summed E-state index contributed by atoms with van der Waals surface area (Å²) in [5.74, 6) is 0. The first kappa shape index (κ1) is 10.1. The third kappa shape index (κ3) is 2.67. The van der Waals surface area contributed by atoms with Crippen LogP contribution in [0.3, 0.4) is 0 Å². The monoisotopic (exact) mass is 220 g/mol. The molecule has 0 saturated heterocycles. The van der Waals surface area contributed by atoms with E-state index in [9.17, 15) is 0 Å². The SMILES string of the molecule is CC[Si](CC)(CC)[Zr][CH3].